The van der Waals surface area contributed by atoms with Crippen LogP contribution in [0.3, 0.4) is 0 Å². The van der Waals surface area contributed by atoms with Crippen LogP contribution in [0.15, 0.2) is 42.5 Å². The number of esters is 2. The summed E-state index contributed by atoms with van der Waals surface area (Å²) in [6.45, 7) is 3.85. The van der Waals surface area contributed by atoms with Crippen molar-refractivity contribution in [3.63, 3.8) is 0 Å². The van der Waals surface area contributed by atoms with E-state index in [4.69, 9.17) is 14.2 Å². The van der Waals surface area contributed by atoms with Gasteiger partial charge in [0.2, 0.25) is 0 Å². The molecule has 0 bridgehead atoms. The molecule has 5 heteroatoms. The third-order valence-corrected chi connectivity index (χ3v) is 4.47. The van der Waals surface area contributed by atoms with Crippen LogP contribution in [0.5, 0.6) is 17.2 Å². The van der Waals surface area contributed by atoms with Gasteiger partial charge in [-0.2, -0.15) is 0 Å². The molecule has 0 radical (unpaired) electrons. The molecule has 0 atom stereocenters. The maximum atomic E-state index is 12.3. The Morgan fingerprint density at radius 1 is 0.750 bits per heavy atom. The lowest BCUT2D eigenvalue weighted by atomic mass is 9.99. The topological polar surface area (TPSA) is 61.8 Å². The fraction of sp³-hybridized carbons (Fsp3) is 0.304. The quantitative estimate of drug-likeness (QED) is 0.311. The normalized spacial score (nSPS) is 10.8. The second-order valence-corrected chi connectivity index (χ2v) is 6.53. The molecule has 28 heavy (non-hydrogen) atoms. The molecule has 0 fully saturated rings. The molecule has 0 aliphatic heterocycles. The zero-order valence-corrected chi connectivity index (χ0v) is 16.4. The fourth-order valence-electron chi connectivity index (χ4n) is 3.24. The molecule has 5 nitrogen and oxygen atoms in total. The third kappa shape index (κ3) is 3.79. The van der Waals surface area contributed by atoms with Crippen LogP contribution in [0.4, 0.5) is 0 Å². The van der Waals surface area contributed by atoms with Gasteiger partial charge in [-0.3, -0.25) is 9.59 Å². The van der Waals surface area contributed by atoms with Gasteiger partial charge < -0.3 is 14.2 Å². The first-order chi connectivity index (χ1) is 13.6. The first-order valence-electron chi connectivity index (χ1n) is 9.53. The Bertz CT molecular complexity index is 1020. The lowest BCUT2D eigenvalue weighted by Gasteiger charge is -2.18. The van der Waals surface area contributed by atoms with Crippen molar-refractivity contribution in [2.45, 2.75) is 39.5 Å². The maximum absolute atomic E-state index is 12.3. The van der Waals surface area contributed by atoms with Crippen LogP contribution >= 0.6 is 0 Å². The highest BCUT2D eigenvalue weighted by atomic mass is 16.5. The smallest absolute Gasteiger partial charge is 0.311 e. The molecule has 0 saturated carbocycles. The summed E-state index contributed by atoms with van der Waals surface area (Å²) >= 11 is 0. The Morgan fingerprint density at radius 2 is 1.29 bits per heavy atom. The van der Waals surface area contributed by atoms with Gasteiger partial charge in [0.25, 0.3) is 0 Å². The van der Waals surface area contributed by atoms with Crippen LogP contribution in [0.2, 0.25) is 0 Å². The summed E-state index contributed by atoms with van der Waals surface area (Å²) in [4.78, 5) is 24.6. The molecule has 0 heterocycles. The molecule has 0 amide bonds. The van der Waals surface area contributed by atoms with Gasteiger partial charge >= 0.3 is 11.9 Å². The second kappa shape index (κ2) is 8.74. The summed E-state index contributed by atoms with van der Waals surface area (Å²) in [5.74, 6) is 0.827. The first-order valence-corrected chi connectivity index (χ1v) is 9.53. The van der Waals surface area contributed by atoms with Crippen LogP contribution in [-0.4, -0.2) is 19.0 Å². The number of fused-ring (bicyclic) bond motifs is 2. The van der Waals surface area contributed by atoms with Crippen molar-refractivity contribution in [2.24, 2.45) is 0 Å². The van der Waals surface area contributed by atoms with E-state index in [1.54, 1.807) is 13.2 Å². The van der Waals surface area contributed by atoms with Crippen LogP contribution < -0.4 is 14.2 Å². The molecule has 0 saturated heterocycles. The monoisotopic (exact) mass is 380 g/mol. The molecular formula is C23H24O5. The van der Waals surface area contributed by atoms with Gasteiger partial charge in [-0.05, 0) is 18.9 Å². The summed E-state index contributed by atoms with van der Waals surface area (Å²) in [5.41, 5.74) is 0. The molecule has 0 aromatic heterocycles. The van der Waals surface area contributed by atoms with Gasteiger partial charge in [0.1, 0.15) is 11.5 Å². The van der Waals surface area contributed by atoms with Gasteiger partial charge in [0.15, 0.2) is 5.75 Å². The lowest BCUT2D eigenvalue weighted by molar-refractivity contribution is -0.135. The number of hydrogen-bond acceptors (Lipinski definition) is 5. The van der Waals surface area contributed by atoms with Crippen LogP contribution in [0, 0.1) is 0 Å². The minimum atomic E-state index is -0.310. The van der Waals surface area contributed by atoms with Crippen LogP contribution in [0.1, 0.15) is 39.5 Å². The summed E-state index contributed by atoms with van der Waals surface area (Å²) < 4.78 is 17.1. The Hall–Kier alpha value is -3.08. The van der Waals surface area contributed by atoms with E-state index in [2.05, 4.69) is 0 Å². The van der Waals surface area contributed by atoms with E-state index in [0.717, 1.165) is 0 Å². The average molecular weight is 380 g/mol. The third-order valence-electron chi connectivity index (χ3n) is 4.47. The summed E-state index contributed by atoms with van der Waals surface area (Å²) in [6.07, 6.45) is 2.04. The molecule has 0 aliphatic rings. The predicted molar refractivity (Wildman–Crippen MR) is 109 cm³/mol. The first kappa shape index (κ1) is 19.7. The Balaban J connectivity index is 2.34. The number of hydrogen-bond donors (Lipinski definition) is 0. The summed E-state index contributed by atoms with van der Waals surface area (Å²) in [7, 11) is 1.56. The average Bonchev–Trinajstić information content (AvgIpc) is 2.70. The minimum absolute atomic E-state index is 0.299. The van der Waals surface area contributed by atoms with Crippen molar-refractivity contribution in [3.8, 4) is 17.2 Å². The van der Waals surface area contributed by atoms with Crippen molar-refractivity contribution in [1.29, 1.82) is 0 Å². The minimum Gasteiger partial charge on any atom is -0.496 e. The molecule has 0 spiro atoms. The van der Waals surface area contributed by atoms with Crippen molar-refractivity contribution in [2.75, 3.05) is 7.11 Å². The van der Waals surface area contributed by atoms with E-state index >= 15 is 0 Å². The molecule has 3 aromatic rings. The van der Waals surface area contributed by atoms with Gasteiger partial charge in [-0.25, -0.2) is 0 Å². The van der Waals surface area contributed by atoms with E-state index in [9.17, 15) is 9.59 Å². The Labute approximate surface area is 164 Å². The van der Waals surface area contributed by atoms with E-state index < -0.39 is 0 Å². The van der Waals surface area contributed by atoms with Crippen molar-refractivity contribution < 1.29 is 23.8 Å². The van der Waals surface area contributed by atoms with Crippen molar-refractivity contribution in [1.82, 2.24) is 0 Å². The van der Waals surface area contributed by atoms with Gasteiger partial charge in [-0.15, -0.1) is 0 Å². The molecule has 0 unspecified atom stereocenters. The van der Waals surface area contributed by atoms with E-state index in [1.807, 2.05) is 50.2 Å². The van der Waals surface area contributed by atoms with E-state index in [0.29, 0.717) is 64.5 Å². The second-order valence-electron chi connectivity index (χ2n) is 6.53. The Morgan fingerprint density at radius 3 is 1.86 bits per heavy atom. The zero-order valence-electron chi connectivity index (χ0n) is 16.4. The SMILES string of the molecule is CCCC(=O)Oc1c2ccccc2c(OC(=O)CCC)c2c(OC)cccc12. The van der Waals surface area contributed by atoms with E-state index in [1.165, 1.54) is 0 Å². The highest BCUT2D eigenvalue weighted by molar-refractivity contribution is 6.14. The number of rotatable bonds is 7. The fourth-order valence-corrected chi connectivity index (χ4v) is 3.24. The van der Waals surface area contributed by atoms with Crippen LogP contribution in [0.25, 0.3) is 21.5 Å². The van der Waals surface area contributed by atoms with Gasteiger partial charge in [0, 0.05) is 29.0 Å². The largest absolute Gasteiger partial charge is 0.496 e. The highest BCUT2D eigenvalue weighted by Crippen LogP contribution is 2.46. The van der Waals surface area contributed by atoms with E-state index in [-0.39, 0.29) is 11.9 Å². The highest BCUT2D eigenvalue weighted by Gasteiger charge is 2.22. The number of ether oxygens (including phenoxy) is 3. The van der Waals surface area contributed by atoms with Crippen LogP contribution in [-0.2, 0) is 9.59 Å². The molecule has 3 rings (SSSR count). The standard InChI is InChI=1S/C23H24O5/c1-4-9-19(24)27-22-15-11-6-7-12-16(15)23(28-20(25)10-5-2)21-17(22)13-8-14-18(21)26-3/h6-8,11-14H,4-5,9-10H2,1-3H3. The number of carbonyl (C=O) groups excluding carboxylic acids is 2. The number of benzene rings is 3. The Kier molecular flexibility index (Phi) is 6.14. The molecule has 0 aliphatic carbocycles. The molecule has 0 N–H and O–H groups in total. The number of methoxy groups -OCH3 is 1. The summed E-state index contributed by atoms with van der Waals surface area (Å²) in [5, 5.41) is 2.70. The van der Waals surface area contributed by atoms with Gasteiger partial charge in [0.05, 0.1) is 12.5 Å². The molecular weight excluding hydrogens is 356 g/mol. The lowest BCUT2D eigenvalue weighted by Crippen LogP contribution is -2.10. The zero-order chi connectivity index (χ0) is 20.1. The number of carbonyl (C=O) groups is 2. The predicted octanol–water partition coefficient (Wildman–Crippen LogP) is 5.41. The van der Waals surface area contributed by atoms with Crippen molar-refractivity contribution >= 4 is 33.5 Å². The summed E-state index contributed by atoms with van der Waals surface area (Å²) in [6, 6.07) is 12.9. The maximum Gasteiger partial charge on any atom is 0.311 e. The molecule has 3 aromatic carbocycles. The molecule has 146 valence electrons. The van der Waals surface area contributed by atoms with Gasteiger partial charge in [-0.1, -0.05) is 50.2 Å². The van der Waals surface area contributed by atoms with Crippen molar-refractivity contribution in [3.05, 3.63) is 42.5 Å².